The molecular formula is C11H16N4O2. The summed E-state index contributed by atoms with van der Waals surface area (Å²) in [6.45, 7) is 4.27. The SMILES string of the molecule is CC1Cc2cn(C3CNC3)nc2CN1C(=O)O. The van der Waals surface area contributed by atoms with Gasteiger partial charge in [0.15, 0.2) is 0 Å². The van der Waals surface area contributed by atoms with Crippen LogP contribution in [0.2, 0.25) is 0 Å². The highest BCUT2D eigenvalue weighted by Gasteiger charge is 2.30. The summed E-state index contributed by atoms with van der Waals surface area (Å²) in [6, 6.07) is 0.478. The topological polar surface area (TPSA) is 70.4 Å². The van der Waals surface area contributed by atoms with Crippen molar-refractivity contribution in [3.8, 4) is 0 Å². The molecule has 1 saturated heterocycles. The first-order valence-corrected chi connectivity index (χ1v) is 5.92. The van der Waals surface area contributed by atoms with Gasteiger partial charge in [-0.25, -0.2) is 4.79 Å². The van der Waals surface area contributed by atoms with Crippen LogP contribution in [0.4, 0.5) is 4.79 Å². The van der Waals surface area contributed by atoms with Crippen molar-refractivity contribution in [2.75, 3.05) is 13.1 Å². The zero-order valence-electron chi connectivity index (χ0n) is 9.76. The third-order valence-electron chi connectivity index (χ3n) is 3.64. The van der Waals surface area contributed by atoms with Gasteiger partial charge in [0.25, 0.3) is 0 Å². The molecule has 1 amide bonds. The molecule has 0 aromatic carbocycles. The lowest BCUT2D eigenvalue weighted by Crippen LogP contribution is -2.43. The molecule has 3 heterocycles. The number of aromatic nitrogens is 2. The molecule has 2 aliphatic rings. The Bertz CT molecular complexity index is 452. The maximum Gasteiger partial charge on any atom is 0.407 e. The van der Waals surface area contributed by atoms with Crippen LogP contribution in [-0.4, -0.2) is 45.0 Å². The maximum atomic E-state index is 11.1. The Morgan fingerprint density at radius 2 is 2.35 bits per heavy atom. The third-order valence-corrected chi connectivity index (χ3v) is 3.64. The van der Waals surface area contributed by atoms with E-state index in [-0.39, 0.29) is 6.04 Å². The fourth-order valence-corrected chi connectivity index (χ4v) is 2.42. The van der Waals surface area contributed by atoms with Gasteiger partial charge in [-0.05, 0) is 18.9 Å². The molecule has 1 aromatic heterocycles. The number of hydrogen-bond donors (Lipinski definition) is 2. The molecule has 1 fully saturated rings. The van der Waals surface area contributed by atoms with Crippen LogP contribution in [0.25, 0.3) is 0 Å². The van der Waals surface area contributed by atoms with Crippen molar-refractivity contribution < 1.29 is 9.90 Å². The highest BCUT2D eigenvalue weighted by atomic mass is 16.4. The van der Waals surface area contributed by atoms with Crippen LogP contribution in [0.1, 0.15) is 24.2 Å². The number of nitrogens with zero attached hydrogens (tertiary/aromatic N) is 3. The molecule has 3 rings (SSSR count). The summed E-state index contributed by atoms with van der Waals surface area (Å²) in [6.07, 6.45) is 1.99. The van der Waals surface area contributed by atoms with Crippen molar-refractivity contribution in [1.82, 2.24) is 20.0 Å². The van der Waals surface area contributed by atoms with Gasteiger partial charge in [0.05, 0.1) is 18.3 Å². The Morgan fingerprint density at radius 3 is 2.94 bits per heavy atom. The first-order chi connectivity index (χ1) is 8.15. The molecule has 0 spiro atoms. The van der Waals surface area contributed by atoms with Crippen molar-refractivity contribution in [2.45, 2.75) is 32.0 Å². The van der Waals surface area contributed by atoms with Gasteiger partial charge < -0.3 is 10.4 Å². The molecule has 1 atom stereocenters. The second-order valence-corrected chi connectivity index (χ2v) is 4.86. The van der Waals surface area contributed by atoms with Crippen molar-refractivity contribution in [3.63, 3.8) is 0 Å². The van der Waals surface area contributed by atoms with Crippen LogP contribution in [0.15, 0.2) is 6.20 Å². The molecule has 17 heavy (non-hydrogen) atoms. The van der Waals surface area contributed by atoms with Crippen molar-refractivity contribution >= 4 is 6.09 Å². The van der Waals surface area contributed by atoms with Crippen LogP contribution in [-0.2, 0) is 13.0 Å². The van der Waals surface area contributed by atoms with Gasteiger partial charge >= 0.3 is 6.09 Å². The van der Waals surface area contributed by atoms with E-state index in [2.05, 4.69) is 16.6 Å². The second kappa shape index (κ2) is 3.73. The molecule has 2 N–H and O–H groups in total. The average Bonchev–Trinajstić information content (AvgIpc) is 2.55. The highest BCUT2D eigenvalue weighted by Crippen LogP contribution is 2.24. The van der Waals surface area contributed by atoms with E-state index in [0.717, 1.165) is 25.2 Å². The number of rotatable bonds is 1. The van der Waals surface area contributed by atoms with Gasteiger partial charge in [0.2, 0.25) is 0 Å². The Morgan fingerprint density at radius 1 is 1.59 bits per heavy atom. The van der Waals surface area contributed by atoms with E-state index in [9.17, 15) is 4.79 Å². The number of hydrogen-bond acceptors (Lipinski definition) is 3. The first kappa shape index (κ1) is 10.6. The molecule has 6 heteroatoms. The van der Waals surface area contributed by atoms with Crippen molar-refractivity contribution in [3.05, 3.63) is 17.5 Å². The van der Waals surface area contributed by atoms with Crippen LogP contribution >= 0.6 is 0 Å². The lowest BCUT2D eigenvalue weighted by atomic mass is 10.0. The fourth-order valence-electron chi connectivity index (χ4n) is 2.42. The summed E-state index contributed by atoms with van der Waals surface area (Å²) in [5, 5.41) is 16.8. The predicted octanol–water partition coefficient (Wildman–Crippen LogP) is 0.452. The van der Waals surface area contributed by atoms with Crippen LogP contribution in [0.3, 0.4) is 0 Å². The molecule has 0 saturated carbocycles. The van der Waals surface area contributed by atoms with E-state index in [4.69, 9.17) is 5.11 Å². The van der Waals surface area contributed by atoms with Crippen LogP contribution in [0, 0.1) is 0 Å². The van der Waals surface area contributed by atoms with Gasteiger partial charge in [-0.2, -0.15) is 5.10 Å². The summed E-state index contributed by atoms with van der Waals surface area (Å²) < 4.78 is 1.99. The summed E-state index contributed by atoms with van der Waals surface area (Å²) in [7, 11) is 0. The van der Waals surface area contributed by atoms with E-state index >= 15 is 0 Å². The number of nitrogens with one attached hydrogen (secondary N) is 1. The van der Waals surface area contributed by atoms with Gasteiger partial charge in [-0.15, -0.1) is 0 Å². The van der Waals surface area contributed by atoms with E-state index in [1.807, 2.05) is 11.6 Å². The monoisotopic (exact) mass is 236 g/mol. The Balaban J connectivity index is 1.86. The molecular weight excluding hydrogens is 220 g/mol. The number of fused-ring (bicyclic) bond motifs is 1. The van der Waals surface area contributed by atoms with Gasteiger partial charge in [0, 0.05) is 25.3 Å². The minimum absolute atomic E-state index is 0.0390. The van der Waals surface area contributed by atoms with Gasteiger partial charge in [-0.3, -0.25) is 9.58 Å². The number of carboxylic acid groups (broad SMARTS) is 1. The molecule has 2 aliphatic heterocycles. The molecule has 1 unspecified atom stereocenters. The van der Waals surface area contributed by atoms with Gasteiger partial charge in [-0.1, -0.05) is 0 Å². The smallest absolute Gasteiger partial charge is 0.407 e. The minimum atomic E-state index is -0.858. The van der Waals surface area contributed by atoms with Crippen molar-refractivity contribution in [2.24, 2.45) is 0 Å². The largest absolute Gasteiger partial charge is 0.465 e. The molecule has 1 aromatic rings. The van der Waals surface area contributed by atoms with Crippen LogP contribution < -0.4 is 5.32 Å². The molecule has 0 radical (unpaired) electrons. The Labute approximate surface area is 99.2 Å². The Hall–Kier alpha value is -1.56. The zero-order valence-corrected chi connectivity index (χ0v) is 9.76. The van der Waals surface area contributed by atoms with Crippen molar-refractivity contribution in [1.29, 1.82) is 0 Å². The van der Waals surface area contributed by atoms with E-state index in [1.54, 1.807) is 0 Å². The lowest BCUT2D eigenvalue weighted by molar-refractivity contribution is 0.118. The molecule has 92 valence electrons. The first-order valence-electron chi connectivity index (χ1n) is 5.92. The van der Waals surface area contributed by atoms with E-state index < -0.39 is 6.09 Å². The van der Waals surface area contributed by atoms with E-state index in [1.165, 1.54) is 10.5 Å². The molecule has 0 bridgehead atoms. The quantitative estimate of drug-likeness (QED) is 0.743. The molecule has 0 aliphatic carbocycles. The fraction of sp³-hybridized carbons (Fsp3) is 0.636. The average molecular weight is 236 g/mol. The summed E-state index contributed by atoms with van der Waals surface area (Å²) >= 11 is 0. The number of carbonyl (C=O) groups is 1. The third kappa shape index (κ3) is 1.68. The summed E-state index contributed by atoms with van der Waals surface area (Å²) in [5.74, 6) is 0. The highest BCUT2D eigenvalue weighted by molar-refractivity contribution is 5.66. The summed E-state index contributed by atoms with van der Waals surface area (Å²) in [4.78, 5) is 12.5. The lowest BCUT2D eigenvalue weighted by Gasteiger charge is -2.29. The zero-order chi connectivity index (χ0) is 12.0. The summed E-state index contributed by atoms with van der Waals surface area (Å²) in [5.41, 5.74) is 2.11. The second-order valence-electron chi connectivity index (χ2n) is 4.86. The maximum absolute atomic E-state index is 11.1. The normalized spacial score (nSPS) is 24.3. The standard InChI is InChI=1S/C11H16N4O2/c1-7-2-8-5-15(9-3-12-4-9)13-10(8)6-14(7)11(16)17/h5,7,9,12H,2-4,6H2,1H3,(H,16,17). The Kier molecular flexibility index (Phi) is 2.32. The van der Waals surface area contributed by atoms with E-state index in [0.29, 0.717) is 12.6 Å². The minimum Gasteiger partial charge on any atom is -0.465 e. The predicted molar refractivity (Wildman–Crippen MR) is 60.9 cm³/mol. The number of amides is 1. The van der Waals surface area contributed by atoms with Crippen LogP contribution in [0.5, 0.6) is 0 Å². The van der Waals surface area contributed by atoms with Gasteiger partial charge in [0.1, 0.15) is 0 Å². The molecule has 6 nitrogen and oxygen atoms in total.